The Morgan fingerprint density at radius 2 is 1.86 bits per heavy atom. The lowest BCUT2D eigenvalue weighted by molar-refractivity contribution is 0.0945. The van der Waals surface area contributed by atoms with E-state index in [0.717, 1.165) is 11.6 Å². The third kappa shape index (κ3) is 3.60. The average Bonchev–Trinajstić information content (AvgIpc) is 2.48. The quantitative estimate of drug-likeness (QED) is 0.848. The number of hydrogen-bond acceptors (Lipinski definition) is 2. The Kier molecular flexibility index (Phi) is 4.26. The standard InChI is InChI=1S/C17H19FN2O/c1-17(2,13-6-4-3-5-7-13)11-20-16(21)12-8-9-15(19)14(18)10-12/h3-10H,11,19H2,1-2H3,(H,20,21). The van der Waals surface area contributed by atoms with Crippen molar-refractivity contribution in [3.8, 4) is 0 Å². The molecule has 2 aromatic rings. The molecule has 0 aliphatic heterocycles. The Labute approximate surface area is 124 Å². The SMILES string of the molecule is CC(C)(CNC(=O)c1ccc(N)c(F)c1)c1ccccc1. The monoisotopic (exact) mass is 286 g/mol. The van der Waals surface area contributed by atoms with Gasteiger partial charge in [0.15, 0.2) is 0 Å². The van der Waals surface area contributed by atoms with Gasteiger partial charge >= 0.3 is 0 Å². The van der Waals surface area contributed by atoms with Gasteiger partial charge in [-0.1, -0.05) is 44.2 Å². The molecule has 0 fully saturated rings. The first-order valence-electron chi connectivity index (χ1n) is 6.79. The largest absolute Gasteiger partial charge is 0.396 e. The molecule has 0 saturated heterocycles. The summed E-state index contributed by atoms with van der Waals surface area (Å²) in [6.07, 6.45) is 0. The predicted octanol–water partition coefficient (Wildman–Crippen LogP) is 3.12. The van der Waals surface area contributed by atoms with Crippen molar-refractivity contribution in [1.29, 1.82) is 0 Å². The summed E-state index contributed by atoms with van der Waals surface area (Å²) in [6, 6.07) is 14.0. The normalized spacial score (nSPS) is 11.2. The van der Waals surface area contributed by atoms with Crippen LogP contribution in [0.2, 0.25) is 0 Å². The smallest absolute Gasteiger partial charge is 0.251 e. The molecule has 0 saturated carbocycles. The van der Waals surface area contributed by atoms with Crippen LogP contribution in [0, 0.1) is 5.82 Å². The fourth-order valence-electron chi connectivity index (χ4n) is 2.06. The highest BCUT2D eigenvalue weighted by Crippen LogP contribution is 2.22. The van der Waals surface area contributed by atoms with E-state index in [1.165, 1.54) is 12.1 Å². The third-order valence-electron chi connectivity index (χ3n) is 3.51. The molecule has 2 aromatic carbocycles. The van der Waals surface area contributed by atoms with E-state index in [1.54, 1.807) is 0 Å². The molecular weight excluding hydrogens is 267 g/mol. The number of carbonyl (C=O) groups excluding carboxylic acids is 1. The van der Waals surface area contributed by atoms with Crippen LogP contribution in [0.25, 0.3) is 0 Å². The minimum Gasteiger partial charge on any atom is -0.396 e. The number of nitrogens with two attached hydrogens (primary N) is 1. The summed E-state index contributed by atoms with van der Waals surface area (Å²) in [5.74, 6) is -0.886. The second-order valence-electron chi connectivity index (χ2n) is 5.67. The van der Waals surface area contributed by atoms with Gasteiger partial charge in [-0.15, -0.1) is 0 Å². The summed E-state index contributed by atoms with van der Waals surface area (Å²) in [6.45, 7) is 4.56. The molecule has 0 atom stereocenters. The Morgan fingerprint density at radius 3 is 2.48 bits per heavy atom. The zero-order valence-corrected chi connectivity index (χ0v) is 12.2. The summed E-state index contributed by atoms with van der Waals surface area (Å²) < 4.78 is 13.4. The summed E-state index contributed by atoms with van der Waals surface area (Å²) in [5, 5.41) is 2.84. The molecule has 110 valence electrons. The Morgan fingerprint density at radius 1 is 1.19 bits per heavy atom. The van der Waals surface area contributed by atoms with E-state index in [2.05, 4.69) is 5.32 Å². The number of amides is 1. The van der Waals surface area contributed by atoms with E-state index in [0.29, 0.717) is 6.54 Å². The summed E-state index contributed by atoms with van der Waals surface area (Å²) in [7, 11) is 0. The fraction of sp³-hybridized carbons (Fsp3) is 0.235. The first-order chi connectivity index (χ1) is 9.90. The summed E-state index contributed by atoms with van der Waals surface area (Å²) >= 11 is 0. The van der Waals surface area contributed by atoms with E-state index in [-0.39, 0.29) is 22.6 Å². The van der Waals surface area contributed by atoms with Gasteiger partial charge < -0.3 is 11.1 Å². The minimum absolute atomic E-state index is 0.0381. The Balaban J connectivity index is 2.05. The second kappa shape index (κ2) is 5.95. The van der Waals surface area contributed by atoms with Crippen molar-refractivity contribution < 1.29 is 9.18 Å². The van der Waals surface area contributed by atoms with E-state index in [4.69, 9.17) is 5.73 Å². The van der Waals surface area contributed by atoms with Gasteiger partial charge in [-0.05, 0) is 23.8 Å². The van der Waals surface area contributed by atoms with E-state index < -0.39 is 5.82 Å². The number of anilines is 1. The van der Waals surface area contributed by atoms with Gasteiger partial charge in [0.05, 0.1) is 5.69 Å². The van der Waals surface area contributed by atoms with Gasteiger partial charge in [-0.3, -0.25) is 4.79 Å². The number of benzene rings is 2. The van der Waals surface area contributed by atoms with E-state index in [9.17, 15) is 9.18 Å². The molecule has 2 rings (SSSR count). The van der Waals surface area contributed by atoms with Crippen molar-refractivity contribution in [2.45, 2.75) is 19.3 Å². The topological polar surface area (TPSA) is 55.1 Å². The molecule has 0 heterocycles. The molecular formula is C17H19FN2O. The van der Waals surface area contributed by atoms with E-state index in [1.807, 2.05) is 44.2 Å². The lowest BCUT2D eigenvalue weighted by Gasteiger charge is -2.25. The maximum Gasteiger partial charge on any atom is 0.251 e. The molecule has 21 heavy (non-hydrogen) atoms. The molecule has 0 bridgehead atoms. The van der Waals surface area contributed by atoms with Gasteiger partial charge in [-0.25, -0.2) is 4.39 Å². The lowest BCUT2D eigenvalue weighted by Crippen LogP contribution is -2.36. The number of carbonyl (C=O) groups is 1. The highest BCUT2D eigenvalue weighted by atomic mass is 19.1. The molecule has 3 N–H and O–H groups in total. The first-order valence-corrected chi connectivity index (χ1v) is 6.79. The molecule has 0 spiro atoms. The van der Waals surface area contributed by atoms with Crippen LogP contribution in [0.4, 0.5) is 10.1 Å². The van der Waals surface area contributed by atoms with Crippen molar-refractivity contribution >= 4 is 11.6 Å². The van der Waals surface area contributed by atoms with Gasteiger partial charge in [0, 0.05) is 17.5 Å². The average molecular weight is 286 g/mol. The van der Waals surface area contributed by atoms with Crippen molar-refractivity contribution in [3.63, 3.8) is 0 Å². The third-order valence-corrected chi connectivity index (χ3v) is 3.51. The van der Waals surface area contributed by atoms with Gasteiger partial charge in [0.25, 0.3) is 5.91 Å². The molecule has 0 unspecified atom stereocenters. The molecule has 4 heteroatoms. The number of nitrogen functional groups attached to an aromatic ring is 1. The van der Waals surface area contributed by atoms with Crippen LogP contribution in [0.1, 0.15) is 29.8 Å². The van der Waals surface area contributed by atoms with Crippen molar-refractivity contribution in [2.75, 3.05) is 12.3 Å². The Bertz CT molecular complexity index is 638. The fourth-order valence-corrected chi connectivity index (χ4v) is 2.06. The van der Waals surface area contributed by atoms with Crippen LogP contribution in [0.3, 0.4) is 0 Å². The van der Waals surface area contributed by atoms with Gasteiger partial charge in [0.2, 0.25) is 0 Å². The summed E-state index contributed by atoms with van der Waals surface area (Å²) in [4.78, 5) is 12.1. The van der Waals surface area contributed by atoms with Crippen molar-refractivity contribution in [1.82, 2.24) is 5.32 Å². The van der Waals surface area contributed by atoms with Crippen LogP contribution in [-0.2, 0) is 5.41 Å². The molecule has 1 amide bonds. The number of halogens is 1. The maximum atomic E-state index is 13.4. The lowest BCUT2D eigenvalue weighted by atomic mass is 9.84. The van der Waals surface area contributed by atoms with Crippen LogP contribution in [-0.4, -0.2) is 12.5 Å². The second-order valence-corrected chi connectivity index (χ2v) is 5.67. The maximum absolute atomic E-state index is 13.4. The van der Waals surface area contributed by atoms with Crippen LogP contribution in [0.5, 0.6) is 0 Å². The van der Waals surface area contributed by atoms with Crippen molar-refractivity contribution in [2.24, 2.45) is 0 Å². The Hall–Kier alpha value is -2.36. The van der Waals surface area contributed by atoms with Crippen LogP contribution < -0.4 is 11.1 Å². The van der Waals surface area contributed by atoms with Crippen LogP contribution in [0.15, 0.2) is 48.5 Å². The molecule has 0 aromatic heterocycles. The molecule has 3 nitrogen and oxygen atoms in total. The van der Waals surface area contributed by atoms with E-state index >= 15 is 0 Å². The predicted molar refractivity (Wildman–Crippen MR) is 82.6 cm³/mol. The van der Waals surface area contributed by atoms with Crippen molar-refractivity contribution in [3.05, 3.63) is 65.5 Å². The zero-order chi connectivity index (χ0) is 15.5. The number of hydrogen-bond donors (Lipinski definition) is 2. The molecule has 0 radical (unpaired) electrons. The van der Waals surface area contributed by atoms with Gasteiger partial charge in [0.1, 0.15) is 5.82 Å². The summed E-state index contributed by atoms with van der Waals surface area (Å²) in [5.41, 5.74) is 6.64. The highest BCUT2D eigenvalue weighted by Gasteiger charge is 2.21. The van der Waals surface area contributed by atoms with Gasteiger partial charge in [-0.2, -0.15) is 0 Å². The number of nitrogens with one attached hydrogen (secondary N) is 1. The zero-order valence-electron chi connectivity index (χ0n) is 12.2. The molecule has 0 aliphatic carbocycles. The molecule has 0 aliphatic rings. The number of rotatable bonds is 4. The van der Waals surface area contributed by atoms with Crippen LogP contribution >= 0.6 is 0 Å². The minimum atomic E-state index is -0.579. The first kappa shape index (κ1) is 15.0. The highest BCUT2D eigenvalue weighted by molar-refractivity contribution is 5.94.